The Morgan fingerprint density at radius 1 is 1.21 bits per heavy atom. The van der Waals surface area contributed by atoms with Crippen molar-refractivity contribution in [2.75, 3.05) is 22.4 Å². The molecule has 0 saturated carbocycles. The molecule has 1 amide bonds. The van der Waals surface area contributed by atoms with Crippen LogP contribution in [-0.2, 0) is 21.9 Å². The fraction of sp³-hybridized carbons (Fsp3) is 0.167. The Hall–Kier alpha value is -2.91. The molecule has 1 N–H and O–H groups in total. The van der Waals surface area contributed by atoms with Crippen LogP contribution in [0, 0.1) is 0 Å². The highest BCUT2D eigenvalue weighted by molar-refractivity contribution is 7.92. The average molecular weight is 420 g/mol. The van der Waals surface area contributed by atoms with Crippen molar-refractivity contribution in [3.8, 4) is 11.4 Å². The van der Waals surface area contributed by atoms with Crippen LogP contribution in [0.5, 0.6) is 0 Å². The van der Waals surface area contributed by atoms with Crippen molar-refractivity contribution in [1.82, 2.24) is 14.8 Å². The van der Waals surface area contributed by atoms with Crippen molar-refractivity contribution in [3.63, 3.8) is 0 Å². The Bertz CT molecular complexity index is 1110. The minimum atomic E-state index is -3.68. The number of amides is 1. The highest BCUT2D eigenvalue weighted by atomic mass is 35.5. The summed E-state index contributed by atoms with van der Waals surface area (Å²) < 4.78 is 27.1. The van der Waals surface area contributed by atoms with Gasteiger partial charge in [-0.3, -0.25) is 9.10 Å². The minimum Gasteiger partial charge on any atom is -0.324 e. The Labute approximate surface area is 167 Å². The molecule has 1 aromatic heterocycles. The summed E-state index contributed by atoms with van der Waals surface area (Å²) in [4.78, 5) is 12.5. The molecule has 0 saturated heterocycles. The van der Waals surface area contributed by atoms with Gasteiger partial charge in [-0.1, -0.05) is 29.8 Å². The van der Waals surface area contributed by atoms with Gasteiger partial charge in [0, 0.05) is 23.3 Å². The van der Waals surface area contributed by atoms with Gasteiger partial charge in [0.1, 0.15) is 12.9 Å². The number of halogens is 1. The summed E-state index contributed by atoms with van der Waals surface area (Å²) in [5, 5.41) is 11.0. The molecular formula is C18H18ClN5O3S. The summed E-state index contributed by atoms with van der Waals surface area (Å²) in [7, 11) is -1.86. The second-order valence-corrected chi connectivity index (χ2v) is 8.49. The Morgan fingerprint density at radius 3 is 2.61 bits per heavy atom. The number of hydrogen-bond acceptors (Lipinski definition) is 5. The molecule has 0 radical (unpaired) electrons. The molecule has 10 heteroatoms. The number of rotatable bonds is 6. The first-order valence-electron chi connectivity index (χ1n) is 8.21. The summed E-state index contributed by atoms with van der Waals surface area (Å²) in [5.41, 5.74) is 1.61. The number of carbonyl (C=O) groups excluding carboxylic acids is 1. The van der Waals surface area contributed by atoms with Crippen LogP contribution in [-0.4, -0.2) is 41.9 Å². The van der Waals surface area contributed by atoms with E-state index >= 15 is 0 Å². The van der Waals surface area contributed by atoms with E-state index in [1.807, 2.05) is 13.1 Å². The fourth-order valence-corrected chi connectivity index (χ4v) is 3.68. The summed E-state index contributed by atoms with van der Waals surface area (Å²) in [6, 6.07) is 13.4. The predicted octanol–water partition coefficient (Wildman–Crippen LogP) is 2.54. The zero-order valence-electron chi connectivity index (χ0n) is 15.2. The molecule has 3 rings (SSSR count). The maximum atomic E-state index is 12.5. The molecule has 146 valence electrons. The SMILES string of the molecule is Cn1cnnc1-c1cccc(NC(=O)CN(c2cccc(Cl)c2)S(C)(=O)=O)c1. The van der Waals surface area contributed by atoms with E-state index in [0.29, 0.717) is 22.2 Å². The van der Waals surface area contributed by atoms with Crippen LogP contribution in [0.25, 0.3) is 11.4 Å². The number of anilines is 2. The molecule has 0 spiro atoms. The van der Waals surface area contributed by atoms with Gasteiger partial charge in [0.2, 0.25) is 15.9 Å². The number of sulfonamides is 1. The first-order chi connectivity index (χ1) is 13.2. The normalized spacial score (nSPS) is 11.2. The third kappa shape index (κ3) is 4.68. The van der Waals surface area contributed by atoms with E-state index in [2.05, 4.69) is 15.5 Å². The number of aryl methyl sites for hydroxylation is 1. The lowest BCUT2D eigenvalue weighted by Crippen LogP contribution is -2.37. The van der Waals surface area contributed by atoms with Crippen molar-refractivity contribution in [2.24, 2.45) is 7.05 Å². The van der Waals surface area contributed by atoms with E-state index in [-0.39, 0.29) is 6.54 Å². The molecule has 0 aliphatic carbocycles. The monoisotopic (exact) mass is 419 g/mol. The third-order valence-corrected chi connectivity index (χ3v) is 5.28. The van der Waals surface area contributed by atoms with Crippen LogP contribution in [0.3, 0.4) is 0 Å². The Morgan fingerprint density at radius 2 is 1.96 bits per heavy atom. The first-order valence-corrected chi connectivity index (χ1v) is 10.4. The standard InChI is InChI=1S/C18H18ClN5O3S/c1-23-12-20-22-18(23)13-5-3-7-15(9-13)21-17(25)11-24(28(2,26)27)16-8-4-6-14(19)10-16/h3-10,12H,11H2,1-2H3,(H,21,25). The summed E-state index contributed by atoms with van der Waals surface area (Å²) in [5.74, 6) is 0.160. The zero-order chi connectivity index (χ0) is 20.3. The molecular weight excluding hydrogens is 402 g/mol. The van der Waals surface area contributed by atoms with Crippen molar-refractivity contribution in [1.29, 1.82) is 0 Å². The molecule has 0 unspecified atom stereocenters. The van der Waals surface area contributed by atoms with Gasteiger partial charge in [-0.05, 0) is 30.3 Å². The van der Waals surface area contributed by atoms with Gasteiger partial charge < -0.3 is 9.88 Å². The zero-order valence-corrected chi connectivity index (χ0v) is 16.8. The molecule has 1 heterocycles. The first kappa shape index (κ1) is 19.8. The van der Waals surface area contributed by atoms with E-state index in [1.165, 1.54) is 6.07 Å². The summed E-state index contributed by atoms with van der Waals surface area (Å²) in [6.45, 7) is -0.382. The fourth-order valence-electron chi connectivity index (χ4n) is 2.64. The molecule has 0 fully saturated rings. The third-order valence-electron chi connectivity index (χ3n) is 3.90. The number of nitrogens with zero attached hydrogens (tertiary/aromatic N) is 4. The van der Waals surface area contributed by atoms with Crippen molar-refractivity contribution in [2.45, 2.75) is 0 Å². The topological polar surface area (TPSA) is 97.2 Å². The lowest BCUT2D eigenvalue weighted by molar-refractivity contribution is -0.114. The van der Waals surface area contributed by atoms with Crippen molar-refractivity contribution < 1.29 is 13.2 Å². The van der Waals surface area contributed by atoms with Gasteiger partial charge in [-0.25, -0.2) is 8.42 Å². The van der Waals surface area contributed by atoms with Crippen LogP contribution < -0.4 is 9.62 Å². The van der Waals surface area contributed by atoms with Gasteiger partial charge >= 0.3 is 0 Å². The number of carbonyl (C=O) groups is 1. The van der Waals surface area contributed by atoms with Gasteiger partial charge in [-0.15, -0.1) is 10.2 Å². The molecule has 3 aromatic rings. The van der Waals surface area contributed by atoms with E-state index < -0.39 is 15.9 Å². The molecule has 0 bridgehead atoms. The van der Waals surface area contributed by atoms with Crippen LogP contribution in [0.15, 0.2) is 54.9 Å². The second-order valence-electron chi connectivity index (χ2n) is 6.14. The minimum absolute atomic E-state index is 0.318. The lowest BCUT2D eigenvalue weighted by Gasteiger charge is -2.22. The van der Waals surface area contributed by atoms with E-state index in [1.54, 1.807) is 47.3 Å². The maximum absolute atomic E-state index is 12.5. The number of benzene rings is 2. The van der Waals surface area contributed by atoms with Gasteiger partial charge in [-0.2, -0.15) is 0 Å². The average Bonchev–Trinajstić information content (AvgIpc) is 3.05. The van der Waals surface area contributed by atoms with E-state index in [9.17, 15) is 13.2 Å². The number of aromatic nitrogens is 3. The molecule has 28 heavy (non-hydrogen) atoms. The van der Waals surface area contributed by atoms with Gasteiger partial charge in [0.15, 0.2) is 5.82 Å². The van der Waals surface area contributed by atoms with Crippen LogP contribution in [0.4, 0.5) is 11.4 Å². The molecule has 0 atom stereocenters. The van der Waals surface area contributed by atoms with Crippen LogP contribution >= 0.6 is 11.6 Å². The predicted molar refractivity (Wildman–Crippen MR) is 109 cm³/mol. The van der Waals surface area contributed by atoms with Gasteiger partial charge in [0.25, 0.3) is 0 Å². The summed E-state index contributed by atoms with van der Waals surface area (Å²) in [6.07, 6.45) is 2.62. The number of nitrogens with one attached hydrogen (secondary N) is 1. The number of hydrogen-bond donors (Lipinski definition) is 1. The summed E-state index contributed by atoms with van der Waals surface area (Å²) >= 11 is 5.95. The highest BCUT2D eigenvalue weighted by Crippen LogP contribution is 2.23. The van der Waals surface area contributed by atoms with Crippen LogP contribution in [0.2, 0.25) is 5.02 Å². The molecule has 8 nitrogen and oxygen atoms in total. The van der Waals surface area contributed by atoms with Crippen molar-refractivity contribution >= 4 is 38.9 Å². The Kier molecular flexibility index (Phi) is 5.66. The van der Waals surface area contributed by atoms with E-state index in [0.717, 1.165) is 16.1 Å². The molecule has 0 aliphatic heterocycles. The van der Waals surface area contributed by atoms with Crippen molar-refractivity contribution in [3.05, 3.63) is 59.9 Å². The van der Waals surface area contributed by atoms with Crippen LogP contribution in [0.1, 0.15) is 0 Å². The quantitative estimate of drug-likeness (QED) is 0.662. The second kappa shape index (κ2) is 7.99. The highest BCUT2D eigenvalue weighted by Gasteiger charge is 2.21. The molecule has 2 aromatic carbocycles. The Balaban J connectivity index is 1.80. The lowest BCUT2D eigenvalue weighted by atomic mass is 10.2. The smallest absolute Gasteiger partial charge is 0.245 e. The maximum Gasteiger partial charge on any atom is 0.245 e. The van der Waals surface area contributed by atoms with E-state index in [4.69, 9.17) is 11.6 Å². The van der Waals surface area contributed by atoms with Gasteiger partial charge in [0.05, 0.1) is 11.9 Å². The molecule has 0 aliphatic rings. The largest absolute Gasteiger partial charge is 0.324 e.